The van der Waals surface area contributed by atoms with E-state index >= 15 is 0 Å². The summed E-state index contributed by atoms with van der Waals surface area (Å²) >= 11 is 3.35. The fourth-order valence-corrected chi connectivity index (χ4v) is 3.34. The molecule has 11 heteroatoms. The molecule has 0 spiro atoms. The zero-order valence-corrected chi connectivity index (χ0v) is 17.4. The second-order valence-electron chi connectivity index (χ2n) is 5.93. The maximum Gasteiger partial charge on any atom is 0.288 e. The third-order valence-corrected chi connectivity index (χ3v) is 5.61. The van der Waals surface area contributed by atoms with Gasteiger partial charge in [0.15, 0.2) is 5.69 Å². The molecule has 1 amide bonds. The number of rotatable bonds is 6. The van der Waals surface area contributed by atoms with E-state index < -0.39 is 15.9 Å². The van der Waals surface area contributed by atoms with E-state index in [2.05, 4.69) is 41.9 Å². The zero-order chi connectivity index (χ0) is 20.3. The van der Waals surface area contributed by atoms with Crippen LogP contribution in [-0.4, -0.2) is 29.4 Å². The van der Waals surface area contributed by atoms with Gasteiger partial charge in [-0.2, -0.15) is 4.79 Å². The van der Waals surface area contributed by atoms with Crippen molar-refractivity contribution in [3.63, 3.8) is 0 Å². The molecule has 0 aliphatic rings. The van der Waals surface area contributed by atoms with Crippen LogP contribution in [0.4, 0.5) is 5.69 Å². The summed E-state index contributed by atoms with van der Waals surface area (Å²) in [6, 6.07) is 13.6. The van der Waals surface area contributed by atoms with Crippen LogP contribution in [0.2, 0.25) is 0 Å². The molecule has 2 aromatic carbocycles. The quantitative estimate of drug-likeness (QED) is 0.481. The van der Waals surface area contributed by atoms with Gasteiger partial charge in [0, 0.05) is 4.47 Å². The monoisotopic (exact) mass is 464 g/mol. The number of halogens is 1. The lowest BCUT2D eigenvalue weighted by atomic mass is 10.2. The molecule has 0 aliphatic carbocycles. The molecule has 1 heterocycles. The summed E-state index contributed by atoms with van der Waals surface area (Å²) in [4.78, 5) is 15.7. The Kier molecular flexibility index (Phi) is 5.77. The van der Waals surface area contributed by atoms with Crippen LogP contribution >= 0.6 is 15.9 Å². The van der Waals surface area contributed by atoms with Crippen molar-refractivity contribution < 1.29 is 13.2 Å². The van der Waals surface area contributed by atoms with Crippen molar-refractivity contribution in [2.75, 3.05) is 5.43 Å². The van der Waals surface area contributed by atoms with Crippen molar-refractivity contribution in [3.8, 4) is 0 Å². The summed E-state index contributed by atoms with van der Waals surface area (Å²) in [5, 5.41) is 7.68. The standard InChI is InChI=1S/C17H17BrN6O3S/c1-11-3-9-15(10-4-11)28(26,27)23-20-17(25)16-12(2)24(22-19-16)21-14-7-5-13(18)6-8-14/h3-10,21,23H,1-2H3,(H,20,25). The number of hydrogen-bond acceptors (Lipinski definition) is 6. The maximum atomic E-state index is 12.3. The Bertz CT molecular complexity index is 1090. The van der Waals surface area contributed by atoms with E-state index in [0.29, 0.717) is 5.69 Å². The molecule has 0 unspecified atom stereocenters. The Hall–Kier alpha value is -2.76. The van der Waals surface area contributed by atoms with Gasteiger partial charge in [-0.05, 0) is 55.5 Å². The summed E-state index contributed by atoms with van der Waals surface area (Å²) < 4.78 is 25.4. The minimum atomic E-state index is -3.90. The Balaban J connectivity index is 1.68. The van der Waals surface area contributed by atoms with Gasteiger partial charge in [0.1, 0.15) is 0 Å². The minimum Gasteiger partial charge on any atom is -0.277 e. The van der Waals surface area contributed by atoms with Gasteiger partial charge in [0.05, 0.1) is 16.3 Å². The first kappa shape index (κ1) is 20.0. The van der Waals surface area contributed by atoms with Crippen LogP contribution in [0.3, 0.4) is 0 Å². The van der Waals surface area contributed by atoms with Gasteiger partial charge in [-0.1, -0.05) is 33.6 Å². The topological polar surface area (TPSA) is 118 Å². The van der Waals surface area contributed by atoms with Crippen molar-refractivity contribution in [2.45, 2.75) is 18.7 Å². The molecule has 3 aromatic rings. The Morgan fingerprint density at radius 2 is 1.68 bits per heavy atom. The molecule has 1 aromatic heterocycles. The summed E-state index contributed by atoms with van der Waals surface area (Å²) in [7, 11) is -3.90. The van der Waals surface area contributed by atoms with Gasteiger partial charge in [-0.25, -0.2) is 8.42 Å². The number of amides is 1. The van der Waals surface area contributed by atoms with Crippen LogP contribution in [0.5, 0.6) is 0 Å². The van der Waals surface area contributed by atoms with E-state index in [1.165, 1.54) is 16.9 Å². The highest BCUT2D eigenvalue weighted by Crippen LogP contribution is 2.15. The predicted molar refractivity (Wildman–Crippen MR) is 107 cm³/mol. The molecule has 0 radical (unpaired) electrons. The van der Waals surface area contributed by atoms with E-state index in [9.17, 15) is 13.2 Å². The summed E-state index contributed by atoms with van der Waals surface area (Å²) in [6.45, 7) is 3.48. The highest BCUT2D eigenvalue weighted by Gasteiger charge is 2.20. The van der Waals surface area contributed by atoms with Gasteiger partial charge in [-0.15, -0.1) is 9.93 Å². The van der Waals surface area contributed by atoms with Gasteiger partial charge in [-0.3, -0.25) is 15.6 Å². The molecular weight excluding hydrogens is 448 g/mol. The van der Waals surface area contributed by atoms with Crippen molar-refractivity contribution in [1.82, 2.24) is 25.4 Å². The second-order valence-corrected chi connectivity index (χ2v) is 8.52. The number of aryl methyl sites for hydroxylation is 1. The Labute approximate surface area is 170 Å². The first-order valence-electron chi connectivity index (χ1n) is 8.10. The lowest BCUT2D eigenvalue weighted by Gasteiger charge is -2.09. The molecule has 3 rings (SSSR count). The van der Waals surface area contributed by atoms with E-state index in [-0.39, 0.29) is 10.6 Å². The number of carbonyl (C=O) groups is 1. The fourth-order valence-electron chi connectivity index (χ4n) is 2.24. The van der Waals surface area contributed by atoms with Gasteiger partial charge in [0.2, 0.25) is 0 Å². The van der Waals surface area contributed by atoms with Crippen LogP contribution in [0.25, 0.3) is 0 Å². The summed E-state index contributed by atoms with van der Waals surface area (Å²) in [5.41, 5.74) is 7.19. The first-order chi connectivity index (χ1) is 13.3. The molecular formula is C17H17BrN6O3S. The molecule has 0 saturated heterocycles. The summed E-state index contributed by atoms with van der Waals surface area (Å²) in [6.07, 6.45) is 0. The number of hydrogen-bond donors (Lipinski definition) is 3. The molecule has 0 aliphatic heterocycles. The number of nitrogens with one attached hydrogen (secondary N) is 3. The molecule has 0 fully saturated rings. The van der Waals surface area contributed by atoms with Crippen molar-refractivity contribution >= 4 is 37.5 Å². The van der Waals surface area contributed by atoms with Crippen LogP contribution < -0.4 is 15.7 Å². The van der Waals surface area contributed by atoms with Gasteiger partial charge < -0.3 is 0 Å². The highest BCUT2D eigenvalue weighted by molar-refractivity contribution is 9.10. The lowest BCUT2D eigenvalue weighted by Crippen LogP contribution is -2.42. The molecule has 146 valence electrons. The predicted octanol–water partition coefficient (Wildman–Crippen LogP) is 2.16. The van der Waals surface area contributed by atoms with Crippen molar-refractivity contribution in [2.24, 2.45) is 0 Å². The van der Waals surface area contributed by atoms with E-state index in [1.54, 1.807) is 19.1 Å². The van der Waals surface area contributed by atoms with E-state index in [4.69, 9.17) is 0 Å². The lowest BCUT2D eigenvalue weighted by molar-refractivity contribution is 0.0939. The number of carbonyl (C=O) groups excluding carboxylic acids is 1. The maximum absolute atomic E-state index is 12.3. The number of benzene rings is 2. The van der Waals surface area contributed by atoms with Gasteiger partial charge in [0.25, 0.3) is 15.9 Å². The number of nitrogens with zero attached hydrogens (tertiary/aromatic N) is 3. The molecule has 0 atom stereocenters. The Morgan fingerprint density at radius 3 is 2.32 bits per heavy atom. The van der Waals surface area contributed by atoms with E-state index in [0.717, 1.165) is 15.7 Å². The Morgan fingerprint density at radius 1 is 1.04 bits per heavy atom. The summed E-state index contributed by atoms with van der Waals surface area (Å²) in [5.74, 6) is -0.725. The molecule has 28 heavy (non-hydrogen) atoms. The van der Waals surface area contributed by atoms with Crippen LogP contribution in [0.1, 0.15) is 21.7 Å². The minimum absolute atomic E-state index is 0.0174. The normalized spacial score (nSPS) is 11.2. The van der Waals surface area contributed by atoms with Crippen molar-refractivity contribution in [3.05, 3.63) is 70.0 Å². The van der Waals surface area contributed by atoms with Crippen LogP contribution in [-0.2, 0) is 10.0 Å². The van der Waals surface area contributed by atoms with Gasteiger partial charge >= 0.3 is 0 Å². The third kappa shape index (κ3) is 4.55. The number of aromatic nitrogens is 3. The smallest absolute Gasteiger partial charge is 0.277 e. The second kappa shape index (κ2) is 8.09. The number of anilines is 1. The van der Waals surface area contributed by atoms with Crippen LogP contribution in [0.15, 0.2) is 57.9 Å². The SMILES string of the molecule is Cc1ccc(S(=O)(=O)NNC(=O)c2nnn(Nc3ccc(Br)cc3)c2C)cc1. The average Bonchev–Trinajstić information content (AvgIpc) is 3.02. The molecule has 9 nitrogen and oxygen atoms in total. The average molecular weight is 465 g/mol. The molecule has 0 bridgehead atoms. The third-order valence-electron chi connectivity index (χ3n) is 3.82. The number of sulfonamides is 1. The van der Waals surface area contributed by atoms with Crippen molar-refractivity contribution in [1.29, 1.82) is 0 Å². The molecule has 0 saturated carbocycles. The van der Waals surface area contributed by atoms with E-state index in [1.807, 2.05) is 31.2 Å². The fraction of sp³-hybridized carbons (Fsp3) is 0.118. The largest absolute Gasteiger partial charge is 0.288 e. The van der Waals surface area contributed by atoms with Crippen LogP contribution in [0, 0.1) is 13.8 Å². The zero-order valence-electron chi connectivity index (χ0n) is 15.0. The highest BCUT2D eigenvalue weighted by atomic mass is 79.9. The molecule has 3 N–H and O–H groups in total. The first-order valence-corrected chi connectivity index (χ1v) is 10.4. The number of hydrazine groups is 1.